The molecule has 1 atom stereocenters. The van der Waals surface area contributed by atoms with E-state index in [2.05, 4.69) is 53.0 Å². The fourth-order valence-electron chi connectivity index (χ4n) is 2.22. The van der Waals surface area contributed by atoms with Gasteiger partial charge in [0, 0.05) is 36.3 Å². The lowest BCUT2D eigenvalue weighted by Crippen LogP contribution is -2.44. The van der Waals surface area contributed by atoms with E-state index in [1.165, 1.54) is 49.8 Å². The van der Waals surface area contributed by atoms with Crippen LogP contribution in [0.4, 0.5) is 0 Å². The Morgan fingerprint density at radius 1 is 1.33 bits per heavy atom. The molecule has 1 saturated heterocycles. The molecule has 2 rings (SSSR count). The predicted molar refractivity (Wildman–Crippen MR) is 83.7 cm³/mol. The second-order valence-corrected chi connectivity index (χ2v) is 7.45. The summed E-state index contributed by atoms with van der Waals surface area (Å²) in [4.78, 5) is 6.54. The van der Waals surface area contributed by atoms with Gasteiger partial charge in [0.2, 0.25) is 0 Å². The number of rotatable bonds is 6. The quantitative estimate of drug-likeness (QED) is 0.741. The normalized spacial score (nSPS) is 20.1. The van der Waals surface area contributed by atoms with Crippen LogP contribution in [-0.2, 0) is 0 Å². The highest BCUT2D eigenvalue weighted by atomic mass is 32.2. The van der Waals surface area contributed by atoms with Gasteiger partial charge in [0.15, 0.2) is 0 Å². The third-order valence-corrected chi connectivity index (χ3v) is 6.01. The van der Waals surface area contributed by atoms with E-state index in [9.17, 15) is 0 Å². The van der Waals surface area contributed by atoms with Gasteiger partial charge in [-0.25, -0.2) is 0 Å². The molecule has 0 aliphatic carbocycles. The van der Waals surface area contributed by atoms with E-state index in [1.807, 2.05) is 11.3 Å². The molecule has 1 aliphatic heterocycles. The SMILES string of the molecule is C[C@@H](SCCCN1CCN(C)CC1)c1cccs1. The van der Waals surface area contributed by atoms with Crippen LogP contribution < -0.4 is 0 Å². The maximum atomic E-state index is 2.61. The Morgan fingerprint density at radius 2 is 2.11 bits per heavy atom. The molecule has 0 N–H and O–H groups in total. The van der Waals surface area contributed by atoms with Gasteiger partial charge in [0.25, 0.3) is 0 Å². The number of thioether (sulfide) groups is 1. The Morgan fingerprint density at radius 3 is 2.78 bits per heavy atom. The maximum absolute atomic E-state index is 2.61. The van der Waals surface area contributed by atoms with Crippen LogP contribution in [0.25, 0.3) is 0 Å². The number of likely N-dealkylation sites (N-methyl/N-ethyl adjacent to an activating group) is 1. The molecule has 0 aromatic carbocycles. The summed E-state index contributed by atoms with van der Waals surface area (Å²) in [6.07, 6.45) is 1.32. The summed E-state index contributed by atoms with van der Waals surface area (Å²) in [6.45, 7) is 8.57. The van der Waals surface area contributed by atoms with E-state index in [4.69, 9.17) is 0 Å². The molecule has 0 unspecified atom stereocenters. The molecular weight excluding hydrogens is 260 g/mol. The lowest BCUT2D eigenvalue weighted by molar-refractivity contribution is 0.154. The predicted octanol–water partition coefficient (Wildman–Crippen LogP) is 3.18. The molecule has 1 aromatic rings. The molecule has 18 heavy (non-hydrogen) atoms. The zero-order valence-corrected chi connectivity index (χ0v) is 13.1. The molecule has 0 radical (unpaired) electrons. The maximum Gasteiger partial charge on any atom is 0.0363 e. The summed E-state index contributed by atoms with van der Waals surface area (Å²) in [7, 11) is 2.22. The van der Waals surface area contributed by atoms with Crippen molar-refractivity contribution in [1.82, 2.24) is 9.80 Å². The van der Waals surface area contributed by atoms with Crippen molar-refractivity contribution in [3.05, 3.63) is 22.4 Å². The molecule has 0 spiro atoms. The van der Waals surface area contributed by atoms with Crippen molar-refractivity contribution in [3.8, 4) is 0 Å². The lowest BCUT2D eigenvalue weighted by Gasteiger charge is -2.32. The van der Waals surface area contributed by atoms with Gasteiger partial charge in [0.1, 0.15) is 0 Å². The van der Waals surface area contributed by atoms with Gasteiger partial charge >= 0.3 is 0 Å². The fourth-order valence-corrected chi connectivity index (χ4v) is 4.15. The van der Waals surface area contributed by atoms with Gasteiger partial charge in [-0.05, 0) is 44.1 Å². The first-order valence-corrected chi connectivity index (χ1v) is 8.74. The second kappa shape index (κ2) is 7.53. The minimum absolute atomic E-state index is 0.664. The molecule has 1 aromatic heterocycles. The molecule has 0 amide bonds. The van der Waals surface area contributed by atoms with E-state index in [0.717, 1.165) is 0 Å². The summed E-state index contributed by atoms with van der Waals surface area (Å²) in [5.74, 6) is 1.28. The Kier molecular flexibility index (Phi) is 6.02. The first kappa shape index (κ1) is 14.4. The highest BCUT2D eigenvalue weighted by Crippen LogP contribution is 2.31. The molecule has 102 valence electrons. The van der Waals surface area contributed by atoms with Gasteiger partial charge in [-0.1, -0.05) is 6.07 Å². The van der Waals surface area contributed by atoms with Crippen LogP contribution in [-0.4, -0.2) is 55.3 Å². The van der Waals surface area contributed by atoms with Crippen molar-refractivity contribution in [3.63, 3.8) is 0 Å². The van der Waals surface area contributed by atoms with Gasteiger partial charge < -0.3 is 9.80 Å². The van der Waals surface area contributed by atoms with Crippen molar-refractivity contribution in [1.29, 1.82) is 0 Å². The van der Waals surface area contributed by atoms with Crippen LogP contribution >= 0.6 is 23.1 Å². The van der Waals surface area contributed by atoms with Crippen LogP contribution in [0.15, 0.2) is 17.5 Å². The summed E-state index contributed by atoms with van der Waals surface area (Å²) < 4.78 is 0. The third kappa shape index (κ3) is 4.57. The average molecular weight is 284 g/mol. The van der Waals surface area contributed by atoms with Crippen molar-refractivity contribution < 1.29 is 0 Å². The van der Waals surface area contributed by atoms with E-state index in [-0.39, 0.29) is 0 Å². The summed E-state index contributed by atoms with van der Waals surface area (Å²) in [5, 5.41) is 2.84. The zero-order chi connectivity index (χ0) is 12.8. The Labute approximate surface area is 119 Å². The van der Waals surface area contributed by atoms with E-state index < -0.39 is 0 Å². The molecule has 0 saturated carbocycles. The molecule has 4 heteroatoms. The average Bonchev–Trinajstić information content (AvgIpc) is 2.90. The second-order valence-electron chi connectivity index (χ2n) is 5.03. The molecule has 2 heterocycles. The highest BCUT2D eigenvalue weighted by molar-refractivity contribution is 7.99. The zero-order valence-electron chi connectivity index (χ0n) is 11.5. The monoisotopic (exact) mass is 284 g/mol. The molecule has 1 aliphatic rings. The minimum atomic E-state index is 0.664. The summed E-state index contributed by atoms with van der Waals surface area (Å²) >= 11 is 3.98. The smallest absolute Gasteiger partial charge is 0.0363 e. The van der Waals surface area contributed by atoms with E-state index in [0.29, 0.717) is 5.25 Å². The largest absolute Gasteiger partial charge is 0.304 e. The van der Waals surface area contributed by atoms with Crippen molar-refractivity contribution >= 4 is 23.1 Å². The number of hydrogen-bond donors (Lipinski definition) is 0. The van der Waals surface area contributed by atoms with Gasteiger partial charge in [-0.2, -0.15) is 11.8 Å². The van der Waals surface area contributed by atoms with Crippen molar-refractivity contribution in [2.24, 2.45) is 0 Å². The Bertz CT molecular complexity index is 319. The van der Waals surface area contributed by atoms with Gasteiger partial charge in [-0.15, -0.1) is 11.3 Å². The molecule has 2 nitrogen and oxygen atoms in total. The molecular formula is C14H24N2S2. The molecule has 0 bridgehead atoms. The van der Waals surface area contributed by atoms with Crippen molar-refractivity contribution in [2.75, 3.05) is 45.5 Å². The number of thiophene rings is 1. The van der Waals surface area contributed by atoms with Crippen LogP contribution in [0.5, 0.6) is 0 Å². The van der Waals surface area contributed by atoms with Crippen LogP contribution in [0, 0.1) is 0 Å². The van der Waals surface area contributed by atoms with E-state index >= 15 is 0 Å². The molecule has 1 fully saturated rings. The number of nitrogens with zero attached hydrogens (tertiary/aromatic N) is 2. The topological polar surface area (TPSA) is 6.48 Å². The fraction of sp³-hybridized carbons (Fsp3) is 0.714. The first-order chi connectivity index (χ1) is 8.75. The Balaban J connectivity index is 1.56. The lowest BCUT2D eigenvalue weighted by atomic mass is 10.3. The van der Waals surface area contributed by atoms with Gasteiger partial charge in [-0.3, -0.25) is 0 Å². The number of hydrogen-bond acceptors (Lipinski definition) is 4. The highest BCUT2D eigenvalue weighted by Gasteiger charge is 2.13. The minimum Gasteiger partial charge on any atom is -0.304 e. The summed E-state index contributed by atoms with van der Waals surface area (Å²) in [6, 6.07) is 4.41. The van der Waals surface area contributed by atoms with Crippen LogP contribution in [0.2, 0.25) is 0 Å². The standard InChI is InChI=1S/C14H24N2S2/c1-13(14-5-3-11-18-14)17-12-4-6-16-9-7-15(2)8-10-16/h3,5,11,13H,4,6-10,12H2,1-2H3/t13-/m1/s1. The van der Waals surface area contributed by atoms with Crippen LogP contribution in [0.3, 0.4) is 0 Å². The number of piperazine rings is 1. The third-order valence-electron chi connectivity index (χ3n) is 3.53. The van der Waals surface area contributed by atoms with Crippen LogP contribution in [0.1, 0.15) is 23.5 Å². The summed E-state index contributed by atoms with van der Waals surface area (Å²) in [5.41, 5.74) is 0. The first-order valence-electron chi connectivity index (χ1n) is 6.81. The Hall–Kier alpha value is -0.0300. The van der Waals surface area contributed by atoms with Crippen molar-refractivity contribution in [2.45, 2.75) is 18.6 Å². The van der Waals surface area contributed by atoms with Gasteiger partial charge in [0.05, 0.1) is 0 Å². The van der Waals surface area contributed by atoms with E-state index in [1.54, 1.807) is 0 Å².